The highest BCUT2D eigenvalue weighted by molar-refractivity contribution is 7.23. The molecule has 0 amide bonds. The first-order valence-corrected chi connectivity index (χ1v) is 12.0. The minimum absolute atomic E-state index is 0.712. The number of para-hydroxylation sites is 1. The Labute approximate surface area is 180 Å². The molecule has 1 aliphatic rings. The first-order chi connectivity index (χ1) is 14.2. The van der Waals surface area contributed by atoms with Gasteiger partial charge in [-0.3, -0.25) is 0 Å². The zero-order chi connectivity index (χ0) is 19.8. The molecule has 148 valence electrons. The van der Waals surface area contributed by atoms with Crippen molar-refractivity contribution >= 4 is 33.6 Å². The third kappa shape index (κ3) is 3.75. The van der Waals surface area contributed by atoms with E-state index in [0.717, 1.165) is 34.9 Å². The Morgan fingerprint density at radius 2 is 2.03 bits per heavy atom. The number of likely N-dealkylation sites (tertiary alicyclic amines) is 1. The van der Waals surface area contributed by atoms with E-state index in [0.29, 0.717) is 6.04 Å². The monoisotopic (exact) mass is 419 g/mol. The molecule has 1 aliphatic heterocycles. The highest BCUT2D eigenvalue weighted by Crippen LogP contribution is 2.37. The van der Waals surface area contributed by atoms with Crippen molar-refractivity contribution in [3.63, 3.8) is 0 Å². The molecule has 0 radical (unpaired) electrons. The van der Waals surface area contributed by atoms with Gasteiger partial charge in [0, 0.05) is 18.0 Å². The molecule has 4 aromatic rings. The van der Waals surface area contributed by atoms with E-state index in [4.69, 9.17) is 9.97 Å². The van der Waals surface area contributed by atoms with Crippen LogP contribution in [0.15, 0.2) is 47.8 Å². The van der Waals surface area contributed by atoms with Gasteiger partial charge in [-0.2, -0.15) is 0 Å². The molecule has 0 aliphatic carbocycles. The van der Waals surface area contributed by atoms with Crippen molar-refractivity contribution in [3.05, 3.63) is 59.1 Å². The number of hydrogen-bond donors (Lipinski definition) is 0. The molecular formula is C24H25N3S2. The SMILES string of the molecule is Cc1nc(-c2cccs2)sc1-c1ccc2cccc(CCN3CCC[C@H]3C)c2n1. The largest absolute Gasteiger partial charge is 0.300 e. The van der Waals surface area contributed by atoms with Gasteiger partial charge in [-0.05, 0) is 62.7 Å². The summed E-state index contributed by atoms with van der Waals surface area (Å²) in [5.74, 6) is 0. The number of aromatic nitrogens is 2. The van der Waals surface area contributed by atoms with Gasteiger partial charge in [0.1, 0.15) is 5.01 Å². The second kappa shape index (κ2) is 7.98. The number of fused-ring (bicyclic) bond motifs is 1. The van der Waals surface area contributed by atoms with E-state index in [1.165, 1.54) is 40.1 Å². The van der Waals surface area contributed by atoms with Crippen molar-refractivity contribution in [3.8, 4) is 20.5 Å². The average molecular weight is 420 g/mol. The Balaban J connectivity index is 1.48. The number of thiazole rings is 1. The fraction of sp³-hybridized carbons (Fsp3) is 0.333. The maximum absolute atomic E-state index is 5.12. The lowest BCUT2D eigenvalue weighted by Crippen LogP contribution is -2.29. The Morgan fingerprint density at radius 1 is 1.10 bits per heavy atom. The van der Waals surface area contributed by atoms with E-state index < -0.39 is 0 Å². The number of pyridine rings is 1. The summed E-state index contributed by atoms with van der Waals surface area (Å²) in [5, 5.41) is 4.42. The number of hydrogen-bond acceptors (Lipinski definition) is 5. The molecule has 5 heteroatoms. The second-order valence-electron chi connectivity index (χ2n) is 7.87. The standard InChI is InChI=1S/C24H25N3S2/c1-16-6-4-13-27(16)14-12-19-8-3-7-18-10-11-20(26-22(18)19)23-17(2)25-24(29-23)21-9-5-15-28-21/h3,5,7-11,15-16H,4,6,12-14H2,1-2H3/t16-/m1/s1. The van der Waals surface area contributed by atoms with E-state index >= 15 is 0 Å². The molecule has 0 N–H and O–H groups in total. The summed E-state index contributed by atoms with van der Waals surface area (Å²) < 4.78 is 0. The van der Waals surface area contributed by atoms with E-state index in [9.17, 15) is 0 Å². The zero-order valence-corrected chi connectivity index (χ0v) is 18.5. The van der Waals surface area contributed by atoms with Crippen molar-refractivity contribution in [2.75, 3.05) is 13.1 Å². The first-order valence-electron chi connectivity index (χ1n) is 10.3. The third-order valence-electron chi connectivity index (χ3n) is 5.92. The molecule has 0 bridgehead atoms. The summed E-state index contributed by atoms with van der Waals surface area (Å²) in [6, 6.07) is 15.9. The molecule has 1 atom stereocenters. The number of rotatable bonds is 5. The Hall–Kier alpha value is -2.08. The summed E-state index contributed by atoms with van der Waals surface area (Å²) in [7, 11) is 0. The number of nitrogens with zero attached hydrogens (tertiary/aromatic N) is 3. The highest BCUT2D eigenvalue weighted by atomic mass is 32.1. The van der Waals surface area contributed by atoms with Crippen LogP contribution in [0.2, 0.25) is 0 Å². The van der Waals surface area contributed by atoms with Crippen molar-refractivity contribution in [1.82, 2.24) is 14.9 Å². The summed E-state index contributed by atoms with van der Waals surface area (Å²) in [4.78, 5) is 15.0. The van der Waals surface area contributed by atoms with Gasteiger partial charge in [0.2, 0.25) is 0 Å². The lowest BCUT2D eigenvalue weighted by molar-refractivity contribution is 0.272. The summed E-state index contributed by atoms with van der Waals surface area (Å²) in [6.07, 6.45) is 3.71. The lowest BCUT2D eigenvalue weighted by atomic mass is 10.1. The molecule has 4 heterocycles. The van der Waals surface area contributed by atoms with E-state index in [-0.39, 0.29) is 0 Å². The molecule has 29 heavy (non-hydrogen) atoms. The maximum atomic E-state index is 5.12. The van der Waals surface area contributed by atoms with Crippen molar-refractivity contribution in [1.29, 1.82) is 0 Å². The van der Waals surface area contributed by atoms with Crippen LogP contribution in [-0.4, -0.2) is 34.0 Å². The van der Waals surface area contributed by atoms with E-state index in [1.54, 1.807) is 22.7 Å². The van der Waals surface area contributed by atoms with Crippen LogP contribution in [0.25, 0.3) is 31.4 Å². The normalized spacial score (nSPS) is 17.4. The molecule has 1 fully saturated rings. The van der Waals surface area contributed by atoms with E-state index in [2.05, 4.69) is 66.6 Å². The minimum Gasteiger partial charge on any atom is -0.300 e. The van der Waals surface area contributed by atoms with Gasteiger partial charge in [-0.1, -0.05) is 30.3 Å². The Bertz CT molecular complexity index is 1130. The molecule has 1 saturated heterocycles. The van der Waals surface area contributed by atoms with Crippen LogP contribution in [-0.2, 0) is 6.42 Å². The van der Waals surface area contributed by atoms with Gasteiger partial charge in [-0.15, -0.1) is 22.7 Å². The van der Waals surface area contributed by atoms with Crippen LogP contribution in [0.4, 0.5) is 0 Å². The summed E-state index contributed by atoms with van der Waals surface area (Å²) in [6.45, 7) is 6.80. The van der Waals surface area contributed by atoms with Gasteiger partial charge in [0.05, 0.1) is 26.7 Å². The van der Waals surface area contributed by atoms with E-state index in [1.807, 2.05) is 0 Å². The van der Waals surface area contributed by atoms with Gasteiger partial charge >= 0.3 is 0 Å². The van der Waals surface area contributed by atoms with Gasteiger partial charge in [0.15, 0.2) is 0 Å². The molecule has 0 spiro atoms. The topological polar surface area (TPSA) is 29.0 Å². The van der Waals surface area contributed by atoms with Gasteiger partial charge in [-0.25, -0.2) is 9.97 Å². The zero-order valence-electron chi connectivity index (χ0n) is 16.9. The summed E-state index contributed by atoms with van der Waals surface area (Å²) in [5.41, 5.74) is 4.59. The lowest BCUT2D eigenvalue weighted by Gasteiger charge is -2.21. The van der Waals surface area contributed by atoms with Crippen molar-refractivity contribution in [2.24, 2.45) is 0 Å². The summed E-state index contributed by atoms with van der Waals surface area (Å²) >= 11 is 3.49. The van der Waals surface area contributed by atoms with Crippen LogP contribution in [0, 0.1) is 6.92 Å². The highest BCUT2D eigenvalue weighted by Gasteiger charge is 2.20. The van der Waals surface area contributed by atoms with Crippen LogP contribution in [0.3, 0.4) is 0 Å². The van der Waals surface area contributed by atoms with Crippen LogP contribution >= 0.6 is 22.7 Å². The number of benzene rings is 1. The minimum atomic E-state index is 0.712. The second-order valence-corrected chi connectivity index (χ2v) is 9.82. The number of aryl methyl sites for hydroxylation is 1. The smallest absolute Gasteiger partial charge is 0.134 e. The fourth-order valence-corrected chi connectivity index (χ4v) is 6.10. The molecule has 1 aromatic carbocycles. The quantitative estimate of drug-likeness (QED) is 0.374. The first kappa shape index (κ1) is 18.9. The Morgan fingerprint density at radius 3 is 2.83 bits per heavy atom. The van der Waals surface area contributed by atoms with Crippen molar-refractivity contribution < 1.29 is 0 Å². The maximum Gasteiger partial charge on any atom is 0.134 e. The van der Waals surface area contributed by atoms with Crippen molar-refractivity contribution in [2.45, 2.75) is 39.2 Å². The van der Waals surface area contributed by atoms with Crippen LogP contribution < -0.4 is 0 Å². The third-order valence-corrected chi connectivity index (χ3v) is 8.14. The molecule has 3 aromatic heterocycles. The van der Waals surface area contributed by atoms with Crippen LogP contribution in [0.5, 0.6) is 0 Å². The molecule has 0 saturated carbocycles. The predicted molar refractivity (Wildman–Crippen MR) is 125 cm³/mol. The van der Waals surface area contributed by atoms with Crippen LogP contribution in [0.1, 0.15) is 31.0 Å². The molecular weight excluding hydrogens is 394 g/mol. The fourth-order valence-electron chi connectivity index (χ4n) is 4.27. The van der Waals surface area contributed by atoms with Gasteiger partial charge < -0.3 is 4.90 Å². The number of thiophene rings is 1. The molecule has 5 rings (SSSR count). The predicted octanol–water partition coefficient (Wildman–Crippen LogP) is 6.42. The molecule has 3 nitrogen and oxygen atoms in total. The molecule has 0 unspecified atom stereocenters. The van der Waals surface area contributed by atoms with Gasteiger partial charge in [0.25, 0.3) is 0 Å². The Kier molecular flexibility index (Phi) is 5.20. The average Bonchev–Trinajstić information content (AvgIpc) is 3.47.